The average Bonchev–Trinajstić information content (AvgIpc) is 3.69. The summed E-state index contributed by atoms with van der Waals surface area (Å²) < 4.78 is 0. The summed E-state index contributed by atoms with van der Waals surface area (Å²) in [6.45, 7) is 4.64. The Morgan fingerprint density at radius 3 is 1.37 bits per heavy atom. The van der Waals surface area contributed by atoms with Gasteiger partial charge in [-0.2, -0.15) is 0 Å². The third-order valence-electron chi connectivity index (χ3n) is 11.6. The number of aryl methyl sites for hydroxylation is 1. The summed E-state index contributed by atoms with van der Waals surface area (Å²) in [5.41, 5.74) is 18.8. The fourth-order valence-corrected chi connectivity index (χ4v) is 9.47. The molecular weight excluding hydrogens is 613 g/mol. The number of rotatable bonds is 8. The first-order chi connectivity index (χ1) is 25.1. The molecule has 0 radical (unpaired) electrons. The molecular formula is C51H42. The molecule has 0 saturated heterocycles. The summed E-state index contributed by atoms with van der Waals surface area (Å²) in [6.07, 6.45) is 4.29. The lowest BCUT2D eigenvalue weighted by atomic mass is 9.54. The monoisotopic (exact) mass is 654 g/mol. The molecule has 246 valence electrons. The van der Waals surface area contributed by atoms with Gasteiger partial charge in [-0.15, -0.1) is 0 Å². The van der Waals surface area contributed by atoms with Crippen LogP contribution in [0.1, 0.15) is 80.0 Å². The van der Waals surface area contributed by atoms with E-state index in [0.717, 1.165) is 12.8 Å². The molecule has 2 aliphatic carbocycles. The Hall–Kier alpha value is -5.72. The van der Waals surface area contributed by atoms with E-state index in [4.69, 9.17) is 0 Å². The number of hydrogen-bond acceptors (Lipinski definition) is 0. The highest BCUT2D eigenvalue weighted by Gasteiger charge is 2.54. The molecule has 0 bridgehead atoms. The minimum absolute atomic E-state index is 0.0681. The second kappa shape index (κ2) is 12.9. The van der Waals surface area contributed by atoms with Gasteiger partial charge >= 0.3 is 0 Å². The van der Waals surface area contributed by atoms with E-state index >= 15 is 0 Å². The van der Waals surface area contributed by atoms with Crippen LogP contribution in [-0.2, 0) is 18.3 Å². The van der Waals surface area contributed by atoms with E-state index in [1.807, 2.05) is 0 Å². The van der Waals surface area contributed by atoms with Gasteiger partial charge in [0.2, 0.25) is 0 Å². The van der Waals surface area contributed by atoms with Crippen molar-refractivity contribution in [3.8, 4) is 11.1 Å². The molecule has 51 heavy (non-hydrogen) atoms. The van der Waals surface area contributed by atoms with Gasteiger partial charge in [0.25, 0.3) is 0 Å². The third-order valence-corrected chi connectivity index (χ3v) is 11.6. The number of hydrogen-bond donors (Lipinski definition) is 0. The summed E-state index contributed by atoms with van der Waals surface area (Å²) in [6, 6.07) is 66.3. The molecule has 1 atom stereocenters. The molecule has 0 heterocycles. The maximum atomic E-state index is 2.55. The molecule has 0 heteroatoms. The van der Waals surface area contributed by atoms with Crippen LogP contribution >= 0.6 is 0 Å². The second-order valence-corrected chi connectivity index (χ2v) is 14.6. The van der Waals surface area contributed by atoms with Gasteiger partial charge in [0.1, 0.15) is 0 Å². The van der Waals surface area contributed by atoms with Crippen LogP contribution in [0, 0.1) is 6.92 Å². The first kappa shape index (κ1) is 31.3. The zero-order chi connectivity index (χ0) is 34.4. The van der Waals surface area contributed by atoms with Crippen LogP contribution in [-0.4, -0.2) is 0 Å². The molecule has 7 aromatic rings. The standard InChI is InChI=1S/C51H42/c1-35-16-15-25-45-46(35)30-36(2)49(45)51(41-21-11-5-12-22-41,42-23-13-6-14-24-42)50-47-33-39(31-37-17-7-3-8-18-37)26-28-43(47)44-29-27-40(34-48(44)50)32-38-19-9-4-10-20-38/h3-30,33-34,49-50H,31-32H2,1-2H3. The van der Waals surface area contributed by atoms with Crippen LogP contribution in [0.25, 0.3) is 17.2 Å². The van der Waals surface area contributed by atoms with Crippen molar-refractivity contribution >= 4 is 6.08 Å². The van der Waals surface area contributed by atoms with Crippen LogP contribution in [0.5, 0.6) is 0 Å². The third kappa shape index (κ3) is 5.29. The molecule has 7 aromatic carbocycles. The van der Waals surface area contributed by atoms with Gasteiger partial charge in [0.15, 0.2) is 0 Å². The van der Waals surface area contributed by atoms with Crippen molar-refractivity contribution in [1.29, 1.82) is 0 Å². The normalized spacial score (nSPS) is 14.9. The Morgan fingerprint density at radius 1 is 0.412 bits per heavy atom. The lowest BCUT2D eigenvalue weighted by molar-refractivity contribution is 0.405. The average molecular weight is 655 g/mol. The van der Waals surface area contributed by atoms with Gasteiger partial charge in [-0.05, 0) is 99.0 Å². The van der Waals surface area contributed by atoms with Crippen molar-refractivity contribution < 1.29 is 0 Å². The summed E-state index contributed by atoms with van der Waals surface area (Å²) in [5.74, 6) is 0.204. The first-order valence-electron chi connectivity index (χ1n) is 18.3. The Morgan fingerprint density at radius 2 is 0.882 bits per heavy atom. The summed E-state index contributed by atoms with van der Waals surface area (Å²) in [5, 5.41) is 0. The van der Waals surface area contributed by atoms with Crippen molar-refractivity contribution in [2.75, 3.05) is 0 Å². The van der Waals surface area contributed by atoms with E-state index < -0.39 is 5.41 Å². The fraction of sp³-hybridized carbons (Fsp3) is 0.137. The van der Waals surface area contributed by atoms with Gasteiger partial charge in [-0.3, -0.25) is 0 Å². The van der Waals surface area contributed by atoms with Crippen molar-refractivity contribution in [2.45, 2.75) is 43.9 Å². The van der Waals surface area contributed by atoms with Gasteiger partial charge in [-0.25, -0.2) is 0 Å². The molecule has 0 amide bonds. The molecule has 0 fully saturated rings. The Labute approximate surface area is 302 Å². The minimum Gasteiger partial charge on any atom is -0.0639 e. The van der Waals surface area contributed by atoms with Crippen LogP contribution in [0.3, 0.4) is 0 Å². The van der Waals surface area contributed by atoms with Crippen molar-refractivity contribution in [2.24, 2.45) is 0 Å². The maximum Gasteiger partial charge on any atom is 0.0418 e. The van der Waals surface area contributed by atoms with Crippen molar-refractivity contribution in [3.05, 3.63) is 243 Å². The lowest BCUT2D eigenvalue weighted by Gasteiger charge is -2.47. The van der Waals surface area contributed by atoms with Gasteiger partial charge < -0.3 is 0 Å². The fourth-order valence-electron chi connectivity index (χ4n) is 9.47. The summed E-state index contributed by atoms with van der Waals surface area (Å²) >= 11 is 0. The van der Waals surface area contributed by atoms with E-state index in [0.29, 0.717) is 0 Å². The van der Waals surface area contributed by atoms with Crippen molar-refractivity contribution in [1.82, 2.24) is 0 Å². The van der Waals surface area contributed by atoms with Crippen LogP contribution in [0.4, 0.5) is 0 Å². The first-order valence-corrected chi connectivity index (χ1v) is 18.3. The lowest BCUT2D eigenvalue weighted by Crippen LogP contribution is -2.41. The molecule has 0 N–H and O–H groups in total. The topological polar surface area (TPSA) is 0 Å². The Kier molecular flexibility index (Phi) is 7.89. The molecule has 0 nitrogen and oxygen atoms in total. The molecule has 0 aliphatic heterocycles. The highest BCUT2D eigenvalue weighted by Crippen LogP contribution is 2.64. The predicted octanol–water partition coefficient (Wildman–Crippen LogP) is 12.5. The Balaban J connectivity index is 1.36. The molecule has 0 aromatic heterocycles. The summed E-state index contributed by atoms with van der Waals surface area (Å²) in [7, 11) is 0. The quantitative estimate of drug-likeness (QED) is 0.153. The molecule has 0 saturated carbocycles. The second-order valence-electron chi connectivity index (χ2n) is 14.6. The number of allylic oxidation sites excluding steroid dienone is 1. The minimum atomic E-state index is -0.432. The predicted molar refractivity (Wildman–Crippen MR) is 213 cm³/mol. The van der Waals surface area contributed by atoms with Crippen LogP contribution in [0.2, 0.25) is 0 Å². The highest BCUT2D eigenvalue weighted by atomic mass is 14.6. The van der Waals surface area contributed by atoms with Gasteiger partial charge in [-0.1, -0.05) is 188 Å². The zero-order valence-corrected chi connectivity index (χ0v) is 29.4. The van der Waals surface area contributed by atoms with E-state index in [2.05, 4.69) is 196 Å². The molecule has 9 rings (SSSR count). The van der Waals surface area contributed by atoms with Gasteiger partial charge in [0.05, 0.1) is 0 Å². The van der Waals surface area contributed by atoms with Crippen LogP contribution in [0.15, 0.2) is 181 Å². The number of fused-ring (bicyclic) bond motifs is 4. The molecule has 1 unspecified atom stereocenters. The molecule has 2 aliphatic rings. The zero-order valence-electron chi connectivity index (χ0n) is 29.4. The Bertz CT molecular complexity index is 2230. The van der Waals surface area contributed by atoms with Crippen LogP contribution < -0.4 is 0 Å². The van der Waals surface area contributed by atoms with E-state index in [1.165, 1.54) is 77.9 Å². The van der Waals surface area contributed by atoms with Crippen molar-refractivity contribution in [3.63, 3.8) is 0 Å². The van der Waals surface area contributed by atoms with E-state index in [9.17, 15) is 0 Å². The largest absolute Gasteiger partial charge is 0.0639 e. The SMILES string of the molecule is CC1=Cc2c(C)cccc2C1C(c1ccccc1)(c1ccccc1)C1c2cc(Cc3ccccc3)ccc2-c2ccc(Cc3ccccc3)cc21. The smallest absolute Gasteiger partial charge is 0.0418 e. The summed E-state index contributed by atoms with van der Waals surface area (Å²) in [4.78, 5) is 0. The number of benzene rings is 7. The van der Waals surface area contributed by atoms with E-state index in [-0.39, 0.29) is 11.8 Å². The highest BCUT2D eigenvalue weighted by molar-refractivity contribution is 5.83. The van der Waals surface area contributed by atoms with Gasteiger partial charge in [0, 0.05) is 17.3 Å². The molecule has 0 spiro atoms. The maximum absolute atomic E-state index is 2.55. The van der Waals surface area contributed by atoms with E-state index in [1.54, 1.807) is 0 Å².